The molecule has 0 aromatic carbocycles. The number of aromatic amines is 1. The van der Waals surface area contributed by atoms with Crippen molar-refractivity contribution in [2.75, 3.05) is 0 Å². The Bertz CT molecular complexity index is 1040. The first-order valence-electron chi connectivity index (χ1n) is 23.2. The largest absolute Gasteiger partial charge is 0.348 e. The molecule has 55 heavy (non-hydrogen) atoms. The van der Waals surface area contributed by atoms with Gasteiger partial charge in [-0.3, -0.25) is 9.59 Å². The second-order valence-corrected chi connectivity index (χ2v) is 16.0. The highest BCUT2D eigenvalue weighted by Crippen LogP contribution is 2.28. The van der Waals surface area contributed by atoms with E-state index in [9.17, 15) is 9.59 Å². The lowest BCUT2D eigenvalue weighted by molar-refractivity contribution is -0.125. The molecule has 0 aliphatic rings. The third-order valence-corrected chi connectivity index (χ3v) is 10.8. The van der Waals surface area contributed by atoms with E-state index in [4.69, 9.17) is 0 Å². The average molecular weight is 764 g/mol. The number of Topliss-reactive ketones (excluding diaryl/α,β-unsaturated/α-hetero) is 1. The molecular formula is C50H89N3O2. The number of hydrogen-bond acceptors (Lipinski definition) is 3. The van der Waals surface area contributed by atoms with E-state index in [0.717, 1.165) is 30.4 Å². The van der Waals surface area contributed by atoms with Crippen molar-refractivity contribution in [1.82, 2.24) is 15.3 Å². The maximum Gasteiger partial charge on any atom is 0.217 e. The fraction of sp³-hybridized carbons (Fsp3) is 0.740. The summed E-state index contributed by atoms with van der Waals surface area (Å²) in [6.07, 6.45) is 59.5. The normalized spacial score (nSPS) is 13.0. The molecule has 5 nitrogen and oxygen atoms in total. The summed E-state index contributed by atoms with van der Waals surface area (Å²) in [4.78, 5) is 28.7. The number of H-pyrrole nitrogens is 1. The van der Waals surface area contributed by atoms with E-state index in [1.807, 2.05) is 0 Å². The Kier molecular flexibility index (Phi) is 39.0. The summed E-state index contributed by atoms with van der Waals surface area (Å²) in [5.74, 6) is 1.61. The Morgan fingerprint density at radius 2 is 1.04 bits per heavy atom. The third kappa shape index (κ3) is 36.7. The van der Waals surface area contributed by atoms with E-state index in [-0.39, 0.29) is 11.7 Å². The predicted octanol–water partition coefficient (Wildman–Crippen LogP) is 15.1. The number of allylic oxidation sites excluding steroid dienone is 8. The SMILES string of the molecule is CC(=O)NC(Cc1cnc[nH]1)C(C)=O.CCCCC/C=C\C/C=C\CCCCCCCCC(CCCCCCCC/C=C\C/C=C\CCCCC)C(C)CC. The minimum atomic E-state index is -0.465. The maximum absolute atomic E-state index is 11.2. The zero-order valence-corrected chi connectivity index (χ0v) is 37.1. The van der Waals surface area contributed by atoms with Crippen LogP contribution in [-0.4, -0.2) is 27.7 Å². The quantitative estimate of drug-likeness (QED) is 0.0528. The number of hydrogen-bond donors (Lipinski definition) is 2. The molecule has 316 valence electrons. The predicted molar refractivity (Wildman–Crippen MR) is 241 cm³/mol. The van der Waals surface area contributed by atoms with Gasteiger partial charge in [-0.05, 0) is 83.0 Å². The molecule has 0 aliphatic carbocycles. The number of nitrogens with one attached hydrogen (secondary N) is 2. The molecule has 1 rings (SSSR count). The highest BCUT2D eigenvalue weighted by atomic mass is 16.2. The number of ketones is 1. The first-order chi connectivity index (χ1) is 26.8. The van der Waals surface area contributed by atoms with Crippen molar-refractivity contribution in [1.29, 1.82) is 0 Å². The van der Waals surface area contributed by atoms with Gasteiger partial charge in [0.25, 0.3) is 0 Å². The molecule has 0 saturated heterocycles. The average Bonchev–Trinajstić information content (AvgIpc) is 3.69. The van der Waals surface area contributed by atoms with Gasteiger partial charge in [0.1, 0.15) is 0 Å². The van der Waals surface area contributed by atoms with Gasteiger partial charge in [0.2, 0.25) is 5.91 Å². The van der Waals surface area contributed by atoms with Crippen molar-refractivity contribution < 1.29 is 9.59 Å². The van der Waals surface area contributed by atoms with Crippen molar-refractivity contribution in [2.24, 2.45) is 11.8 Å². The lowest BCUT2D eigenvalue weighted by atomic mass is 9.83. The minimum absolute atomic E-state index is 0.0604. The van der Waals surface area contributed by atoms with Gasteiger partial charge >= 0.3 is 0 Å². The number of imidazole rings is 1. The summed E-state index contributed by atoms with van der Waals surface area (Å²) in [5.41, 5.74) is 0.832. The fourth-order valence-corrected chi connectivity index (χ4v) is 6.99. The Hall–Kier alpha value is -2.69. The Labute approximate surface area is 341 Å². The highest BCUT2D eigenvalue weighted by Gasteiger charge is 2.16. The number of nitrogens with zero attached hydrogens (tertiary/aromatic N) is 1. The lowest BCUT2D eigenvalue weighted by Crippen LogP contribution is -2.40. The van der Waals surface area contributed by atoms with E-state index >= 15 is 0 Å². The highest BCUT2D eigenvalue weighted by molar-refractivity contribution is 5.86. The molecule has 2 atom stereocenters. The number of rotatable bonds is 36. The van der Waals surface area contributed by atoms with Crippen LogP contribution in [0.5, 0.6) is 0 Å². The Morgan fingerprint density at radius 1 is 0.618 bits per heavy atom. The van der Waals surface area contributed by atoms with Gasteiger partial charge in [-0.1, -0.05) is 185 Å². The zero-order valence-electron chi connectivity index (χ0n) is 37.1. The second kappa shape index (κ2) is 41.0. The van der Waals surface area contributed by atoms with Crippen LogP contribution >= 0.6 is 0 Å². The number of carbonyl (C=O) groups excluding carboxylic acids is 2. The third-order valence-electron chi connectivity index (χ3n) is 10.8. The van der Waals surface area contributed by atoms with Crippen LogP contribution in [0.25, 0.3) is 0 Å². The summed E-state index contributed by atoms with van der Waals surface area (Å²) in [6.45, 7) is 12.3. The molecule has 2 N–H and O–H groups in total. The molecule has 1 amide bonds. The van der Waals surface area contributed by atoms with Crippen LogP contribution in [0.3, 0.4) is 0 Å². The molecule has 0 spiro atoms. The van der Waals surface area contributed by atoms with Crippen LogP contribution in [-0.2, 0) is 16.0 Å². The van der Waals surface area contributed by atoms with Gasteiger partial charge in [-0.2, -0.15) is 0 Å². The number of unbranched alkanes of at least 4 members (excludes halogenated alkanes) is 18. The number of amides is 1. The van der Waals surface area contributed by atoms with Crippen LogP contribution in [0, 0.1) is 11.8 Å². The van der Waals surface area contributed by atoms with Crippen LogP contribution in [0.1, 0.15) is 221 Å². The van der Waals surface area contributed by atoms with Gasteiger partial charge in [0.05, 0.1) is 12.4 Å². The molecular weight excluding hydrogens is 675 g/mol. The molecule has 5 heteroatoms. The fourth-order valence-electron chi connectivity index (χ4n) is 6.99. The Balaban J connectivity index is 0.00000173. The zero-order chi connectivity index (χ0) is 40.5. The summed E-state index contributed by atoms with van der Waals surface area (Å²) in [5, 5.41) is 2.58. The molecule has 1 heterocycles. The van der Waals surface area contributed by atoms with Gasteiger partial charge < -0.3 is 10.3 Å². The lowest BCUT2D eigenvalue weighted by Gasteiger charge is -2.23. The van der Waals surface area contributed by atoms with Gasteiger partial charge in [0, 0.05) is 25.2 Å². The van der Waals surface area contributed by atoms with E-state index in [0.29, 0.717) is 6.42 Å². The number of aromatic nitrogens is 2. The van der Waals surface area contributed by atoms with E-state index < -0.39 is 6.04 Å². The first kappa shape index (κ1) is 52.3. The summed E-state index contributed by atoms with van der Waals surface area (Å²) < 4.78 is 0. The first-order valence-corrected chi connectivity index (χ1v) is 23.2. The summed E-state index contributed by atoms with van der Waals surface area (Å²) in [6, 6.07) is -0.465. The van der Waals surface area contributed by atoms with Crippen molar-refractivity contribution >= 4 is 11.7 Å². The minimum Gasteiger partial charge on any atom is -0.348 e. The van der Waals surface area contributed by atoms with E-state index in [1.165, 1.54) is 174 Å². The summed E-state index contributed by atoms with van der Waals surface area (Å²) in [7, 11) is 0. The van der Waals surface area contributed by atoms with Crippen molar-refractivity contribution in [2.45, 2.75) is 227 Å². The molecule has 0 bridgehead atoms. The monoisotopic (exact) mass is 764 g/mol. The molecule has 0 fully saturated rings. The van der Waals surface area contributed by atoms with Crippen molar-refractivity contribution in [3.63, 3.8) is 0 Å². The van der Waals surface area contributed by atoms with E-state index in [2.05, 4.69) is 91.6 Å². The topological polar surface area (TPSA) is 74.8 Å². The molecule has 1 aromatic heterocycles. The second-order valence-electron chi connectivity index (χ2n) is 16.0. The molecule has 1 aromatic rings. The number of carbonyl (C=O) groups is 2. The summed E-state index contributed by atoms with van der Waals surface area (Å²) >= 11 is 0. The van der Waals surface area contributed by atoms with Crippen LogP contribution in [0.2, 0.25) is 0 Å². The molecule has 0 saturated carbocycles. The van der Waals surface area contributed by atoms with E-state index in [1.54, 1.807) is 12.5 Å². The van der Waals surface area contributed by atoms with Crippen LogP contribution in [0.4, 0.5) is 0 Å². The van der Waals surface area contributed by atoms with Crippen LogP contribution in [0.15, 0.2) is 61.1 Å². The smallest absolute Gasteiger partial charge is 0.217 e. The van der Waals surface area contributed by atoms with Gasteiger partial charge in [-0.25, -0.2) is 4.98 Å². The van der Waals surface area contributed by atoms with Gasteiger partial charge in [0.15, 0.2) is 5.78 Å². The maximum atomic E-state index is 11.2. The standard InChI is InChI=1S/C41H76.C9H13N3O2/c1-5-8-10-12-14-16-18-20-22-24-26-28-30-32-34-36-38-41(40(4)7-3)39-37-35-33-31-29-27-25-23-21-19-17-15-13-11-9-6-2;1-6(13)9(12-7(2)14)3-8-4-10-5-11-8/h14-17,20-23,40-41H,5-13,18-19,24-39H2,1-4H3;4-5,9H,3H2,1-2H3,(H,10,11)(H,12,14)/b16-14-,17-15-,22-20-,23-21-;. The van der Waals surface area contributed by atoms with Crippen molar-refractivity contribution in [3.05, 3.63) is 66.8 Å². The molecule has 0 radical (unpaired) electrons. The van der Waals surface area contributed by atoms with Gasteiger partial charge in [-0.15, -0.1) is 0 Å². The molecule has 0 aliphatic heterocycles. The molecule has 2 unspecified atom stereocenters. The van der Waals surface area contributed by atoms with Crippen molar-refractivity contribution in [3.8, 4) is 0 Å². The Morgan fingerprint density at radius 3 is 1.40 bits per heavy atom. The van der Waals surface area contributed by atoms with Crippen LogP contribution < -0.4 is 5.32 Å².